The van der Waals surface area contributed by atoms with E-state index in [-0.39, 0.29) is 17.0 Å². The van der Waals surface area contributed by atoms with Crippen LogP contribution >= 0.6 is 11.6 Å². The highest BCUT2D eigenvalue weighted by Crippen LogP contribution is 2.18. The number of aromatic nitrogens is 2. The van der Waals surface area contributed by atoms with Gasteiger partial charge in [0.25, 0.3) is 5.91 Å². The predicted molar refractivity (Wildman–Crippen MR) is 114 cm³/mol. The van der Waals surface area contributed by atoms with Crippen molar-refractivity contribution in [2.24, 2.45) is 0 Å². The maximum atomic E-state index is 13.1. The summed E-state index contributed by atoms with van der Waals surface area (Å²) in [5, 5.41) is 5.66. The molecule has 2 aromatic carbocycles. The topological polar surface area (TPSA) is 58.4 Å². The lowest BCUT2D eigenvalue weighted by molar-refractivity contribution is 0.0619. The molecule has 150 valence electrons. The zero-order chi connectivity index (χ0) is 20.4. The molecular formula is C22H23ClN4O2. The fourth-order valence-electron chi connectivity index (χ4n) is 3.75. The van der Waals surface area contributed by atoms with Crippen LogP contribution < -0.4 is 5.43 Å². The second-order valence-electron chi connectivity index (χ2n) is 7.17. The van der Waals surface area contributed by atoms with Crippen LogP contribution in [-0.4, -0.2) is 51.7 Å². The molecule has 6 nitrogen and oxygen atoms in total. The molecule has 1 saturated heterocycles. The van der Waals surface area contributed by atoms with Gasteiger partial charge in [-0.3, -0.25) is 19.2 Å². The Kier molecular flexibility index (Phi) is 5.65. The van der Waals surface area contributed by atoms with E-state index in [4.69, 9.17) is 11.6 Å². The molecule has 1 amide bonds. The Morgan fingerprint density at radius 1 is 1.03 bits per heavy atom. The number of fused-ring (bicyclic) bond motifs is 1. The van der Waals surface area contributed by atoms with Gasteiger partial charge in [0.1, 0.15) is 0 Å². The molecule has 0 aliphatic carbocycles. The summed E-state index contributed by atoms with van der Waals surface area (Å²) in [4.78, 5) is 29.9. The van der Waals surface area contributed by atoms with Crippen molar-refractivity contribution in [1.29, 1.82) is 0 Å². The molecule has 0 atom stereocenters. The highest BCUT2D eigenvalue weighted by molar-refractivity contribution is 6.31. The van der Waals surface area contributed by atoms with E-state index in [1.54, 1.807) is 15.6 Å². The first kappa shape index (κ1) is 19.6. The number of carbonyl (C=O) groups excluding carboxylic acids is 1. The fourth-order valence-corrected chi connectivity index (χ4v) is 3.94. The van der Waals surface area contributed by atoms with Crippen LogP contribution in [0.5, 0.6) is 0 Å². The Bertz CT molecular complexity index is 1100. The third kappa shape index (κ3) is 3.91. The summed E-state index contributed by atoms with van der Waals surface area (Å²) < 4.78 is 1.72. The van der Waals surface area contributed by atoms with Crippen LogP contribution in [0.1, 0.15) is 23.0 Å². The molecule has 7 heteroatoms. The summed E-state index contributed by atoms with van der Waals surface area (Å²) in [6.07, 6.45) is 0. The van der Waals surface area contributed by atoms with Gasteiger partial charge in [-0.2, -0.15) is 5.10 Å². The van der Waals surface area contributed by atoms with Crippen molar-refractivity contribution < 1.29 is 4.79 Å². The van der Waals surface area contributed by atoms with Crippen LogP contribution in [0, 0.1) is 0 Å². The second kappa shape index (κ2) is 8.35. The average Bonchev–Trinajstić information content (AvgIpc) is 2.76. The Hall–Kier alpha value is -2.70. The number of piperazine rings is 1. The van der Waals surface area contributed by atoms with Crippen molar-refractivity contribution in [3.05, 3.63) is 75.0 Å². The van der Waals surface area contributed by atoms with Crippen LogP contribution in [0.3, 0.4) is 0 Å². The van der Waals surface area contributed by atoms with Gasteiger partial charge < -0.3 is 4.90 Å². The van der Waals surface area contributed by atoms with Gasteiger partial charge in [-0.15, -0.1) is 0 Å². The standard InChI is InChI=1S/C22H23ClN4O2/c1-2-27-19-10-6-4-8-17(19)21(28)20(24-27)22(29)26-13-11-25(12-14-26)15-16-7-3-5-9-18(16)23/h3-10H,2,11-15H2,1H3. The number of nitrogens with zero attached hydrogens (tertiary/aromatic N) is 4. The summed E-state index contributed by atoms with van der Waals surface area (Å²) in [7, 11) is 0. The van der Waals surface area contributed by atoms with Gasteiger partial charge >= 0.3 is 0 Å². The first-order valence-electron chi connectivity index (χ1n) is 9.83. The van der Waals surface area contributed by atoms with E-state index in [1.807, 2.05) is 49.4 Å². The van der Waals surface area contributed by atoms with E-state index in [0.29, 0.717) is 25.0 Å². The smallest absolute Gasteiger partial charge is 0.278 e. The van der Waals surface area contributed by atoms with Gasteiger partial charge in [0, 0.05) is 49.7 Å². The number of para-hydroxylation sites is 1. The highest BCUT2D eigenvalue weighted by Gasteiger charge is 2.26. The van der Waals surface area contributed by atoms with Crippen LogP contribution in [0.4, 0.5) is 0 Å². The summed E-state index contributed by atoms with van der Waals surface area (Å²) in [5.41, 5.74) is 1.54. The van der Waals surface area contributed by atoms with E-state index in [0.717, 1.165) is 35.7 Å². The molecule has 1 fully saturated rings. The van der Waals surface area contributed by atoms with E-state index < -0.39 is 0 Å². The van der Waals surface area contributed by atoms with E-state index in [2.05, 4.69) is 10.00 Å². The largest absolute Gasteiger partial charge is 0.335 e. The molecule has 29 heavy (non-hydrogen) atoms. The average molecular weight is 411 g/mol. The molecular weight excluding hydrogens is 388 g/mol. The van der Waals surface area contributed by atoms with Crippen molar-refractivity contribution in [3.63, 3.8) is 0 Å². The van der Waals surface area contributed by atoms with Gasteiger partial charge in [0.2, 0.25) is 5.43 Å². The lowest BCUT2D eigenvalue weighted by Gasteiger charge is -2.34. The molecule has 1 aliphatic heterocycles. The molecule has 1 aromatic heterocycles. The molecule has 0 unspecified atom stereocenters. The van der Waals surface area contributed by atoms with Crippen LogP contribution in [0.2, 0.25) is 5.02 Å². The summed E-state index contributed by atoms with van der Waals surface area (Å²) in [5.74, 6) is -0.291. The first-order valence-corrected chi connectivity index (χ1v) is 10.2. The molecule has 4 rings (SSSR count). The number of carbonyl (C=O) groups is 1. The van der Waals surface area contributed by atoms with Gasteiger partial charge in [0.05, 0.1) is 5.52 Å². The minimum absolute atomic E-state index is 0.00473. The molecule has 0 saturated carbocycles. The molecule has 1 aliphatic rings. The van der Waals surface area contributed by atoms with Gasteiger partial charge in [-0.25, -0.2) is 0 Å². The van der Waals surface area contributed by atoms with Crippen molar-refractivity contribution >= 4 is 28.4 Å². The number of amides is 1. The Morgan fingerprint density at radius 3 is 2.45 bits per heavy atom. The van der Waals surface area contributed by atoms with Crippen LogP contribution in [-0.2, 0) is 13.1 Å². The molecule has 0 N–H and O–H groups in total. The number of hydrogen-bond donors (Lipinski definition) is 0. The molecule has 0 bridgehead atoms. The van der Waals surface area contributed by atoms with Crippen molar-refractivity contribution in [1.82, 2.24) is 19.6 Å². The Balaban J connectivity index is 1.51. The summed E-state index contributed by atoms with van der Waals surface area (Å²) in [6.45, 7) is 5.86. The minimum atomic E-state index is -0.297. The molecule has 2 heterocycles. The van der Waals surface area contributed by atoms with Crippen LogP contribution in [0.25, 0.3) is 10.9 Å². The number of benzene rings is 2. The normalized spacial score (nSPS) is 15.0. The lowest BCUT2D eigenvalue weighted by atomic mass is 10.1. The third-order valence-electron chi connectivity index (χ3n) is 5.38. The molecule has 3 aromatic rings. The van der Waals surface area contributed by atoms with Crippen LogP contribution in [0.15, 0.2) is 53.3 Å². The number of rotatable bonds is 4. The van der Waals surface area contributed by atoms with Gasteiger partial charge in [0.15, 0.2) is 5.69 Å². The van der Waals surface area contributed by atoms with E-state index >= 15 is 0 Å². The quantitative estimate of drug-likeness (QED) is 0.663. The molecule has 0 radical (unpaired) electrons. The van der Waals surface area contributed by atoms with Crippen molar-refractivity contribution in [2.45, 2.75) is 20.0 Å². The Morgan fingerprint density at radius 2 is 1.72 bits per heavy atom. The van der Waals surface area contributed by atoms with E-state index in [9.17, 15) is 9.59 Å². The summed E-state index contributed by atoms with van der Waals surface area (Å²) >= 11 is 6.26. The SMILES string of the molecule is CCn1nc(C(=O)N2CCN(Cc3ccccc3Cl)CC2)c(=O)c2ccccc21. The minimum Gasteiger partial charge on any atom is -0.335 e. The zero-order valence-corrected chi connectivity index (χ0v) is 17.1. The fraction of sp³-hybridized carbons (Fsp3) is 0.318. The van der Waals surface area contributed by atoms with E-state index in [1.165, 1.54) is 0 Å². The second-order valence-corrected chi connectivity index (χ2v) is 7.58. The number of aryl methyl sites for hydroxylation is 1. The van der Waals surface area contributed by atoms with Crippen molar-refractivity contribution in [3.8, 4) is 0 Å². The number of halogens is 1. The maximum absolute atomic E-state index is 13.1. The monoisotopic (exact) mass is 410 g/mol. The summed E-state index contributed by atoms with van der Waals surface area (Å²) in [6, 6.07) is 15.1. The maximum Gasteiger partial charge on any atom is 0.278 e. The molecule has 0 spiro atoms. The van der Waals surface area contributed by atoms with Crippen molar-refractivity contribution in [2.75, 3.05) is 26.2 Å². The zero-order valence-electron chi connectivity index (χ0n) is 16.3. The van der Waals surface area contributed by atoms with Gasteiger partial charge in [-0.1, -0.05) is 41.9 Å². The van der Waals surface area contributed by atoms with Gasteiger partial charge in [-0.05, 0) is 30.7 Å². The predicted octanol–water partition coefficient (Wildman–Crippen LogP) is 3.03. The Labute approximate surface area is 174 Å². The number of hydrogen-bond acceptors (Lipinski definition) is 4. The first-order chi connectivity index (χ1) is 14.1. The highest BCUT2D eigenvalue weighted by atomic mass is 35.5. The third-order valence-corrected chi connectivity index (χ3v) is 5.74. The lowest BCUT2D eigenvalue weighted by Crippen LogP contribution is -2.49.